The van der Waals surface area contributed by atoms with Gasteiger partial charge in [-0.1, -0.05) is 49.3 Å². The fraction of sp³-hybridized carbons (Fsp3) is 0.364. The molecular formula is C33H32F2N4O2. The summed E-state index contributed by atoms with van der Waals surface area (Å²) in [7, 11) is 1.95. The quantitative estimate of drug-likeness (QED) is 0.482. The molecular weight excluding hydrogens is 522 g/mol. The molecule has 7 rings (SSSR count). The van der Waals surface area contributed by atoms with E-state index < -0.39 is 28.6 Å². The van der Waals surface area contributed by atoms with Crippen LogP contribution in [-0.2, 0) is 27.8 Å². The minimum Gasteiger partial charge on any atom is -0.329 e. The lowest BCUT2D eigenvalue weighted by Crippen LogP contribution is -2.64. The largest absolute Gasteiger partial charge is 0.329 e. The van der Waals surface area contributed by atoms with E-state index in [1.807, 2.05) is 37.4 Å². The SMILES string of the molecule is CN1C[C@@H](c2cc(F)cc(F)c2)N(C/C=C/c2ccc3c(c2)C[C@@]2(C3)C(=O)Nc3ncccc32)C(=O)C12CCCC2. The lowest BCUT2D eigenvalue weighted by atomic mass is 9.79. The second-order valence-electron chi connectivity index (χ2n) is 12.0. The van der Waals surface area contributed by atoms with Crippen LogP contribution in [0.5, 0.6) is 0 Å². The summed E-state index contributed by atoms with van der Waals surface area (Å²) in [4.78, 5) is 35.3. The van der Waals surface area contributed by atoms with Crippen LogP contribution in [0.15, 0.2) is 60.8 Å². The van der Waals surface area contributed by atoms with E-state index in [1.165, 1.54) is 12.1 Å². The van der Waals surface area contributed by atoms with Crippen LogP contribution in [0.1, 0.15) is 59.5 Å². The maximum Gasteiger partial charge on any atom is 0.243 e. The third-order valence-electron chi connectivity index (χ3n) is 9.73. The molecule has 41 heavy (non-hydrogen) atoms. The van der Waals surface area contributed by atoms with Crippen LogP contribution in [0, 0.1) is 11.6 Å². The molecule has 2 amide bonds. The number of carbonyl (C=O) groups is 2. The normalized spacial score (nSPS) is 25.0. The molecule has 2 aliphatic heterocycles. The summed E-state index contributed by atoms with van der Waals surface area (Å²) in [6, 6.07) is 13.2. The number of pyridine rings is 1. The Hall–Kier alpha value is -3.91. The van der Waals surface area contributed by atoms with Crippen molar-refractivity contribution in [1.82, 2.24) is 14.8 Å². The van der Waals surface area contributed by atoms with Crippen LogP contribution in [0.25, 0.3) is 6.08 Å². The van der Waals surface area contributed by atoms with E-state index in [4.69, 9.17) is 0 Å². The molecule has 0 bridgehead atoms. The van der Waals surface area contributed by atoms with Gasteiger partial charge in [0.2, 0.25) is 11.8 Å². The molecule has 3 heterocycles. The predicted octanol–water partition coefficient (Wildman–Crippen LogP) is 5.19. The van der Waals surface area contributed by atoms with Crippen LogP contribution in [-0.4, -0.2) is 52.3 Å². The molecule has 2 atom stereocenters. The summed E-state index contributed by atoms with van der Waals surface area (Å²) >= 11 is 0. The first-order valence-corrected chi connectivity index (χ1v) is 14.3. The smallest absolute Gasteiger partial charge is 0.243 e. The van der Waals surface area contributed by atoms with E-state index in [-0.39, 0.29) is 11.8 Å². The van der Waals surface area contributed by atoms with Gasteiger partial charge < -0.3 is 10.2 Å². The number of hydrogen-bond acceptors (Lipinski definition) is 4. The fourth-order valence-corrected chi connectivity index (χ4v) is 7.62. The molecule has 3 aromatic rings. The number of hydrogen-bond donors (Lipinski definition) is 1. The zero-order valence-corrected chi connectivity index (χ0v) is 23.0. The molecule has 2 spiro atoms. The number of anilines is 1. The van der Waals surface area contributed by atoms with Crippen molar-refractivity contribution in [2.45, 2.75) is 55.5 Å². The first-order valence-electron chi connectivity index (χ1n) is 14.3. The van der Waals surface area contributed by atoms with Crippen molar-refractivity contribution >= 4 is 23.7 Å². The van der Waals surface area contributed by atoms with E-state index in [0.29, 0.717) is 37.3 Å². The second kappa shape index (κ2) is 9.58. The number of amides is 2. The third kappa shape index (κ3) is 4.10. The highest BCUT2D eigenvalue weighted by atomic mass is 19.1. The molecule has 0 radical (unpaired) electrons. The lowest BCUT2D eigenvalue weighted by molar-refractivity contribution is -0.154. The van der Waals surface area contributed by atoms with Crippen LogP contribution in [0.2, 0.25) is 0 Å². The van der Waals surface area contributed by atoms with Crippen molar-refractivity contribution < 1.29 is 18.4 Å². The van der Waals surface area contributed by atoms with Gasteiger partial charge >= 0.3 is 0 Å². The molecule has 1 saturated carbocycles. The molecule has 1 N–H and O–H groups in total. The Balaban J connectivity index is 1.15. The number of nitrogens with one attached hydrogen (secondary N) is 1. The molecule has 0 unspecified atom stereocenters. The minimum atomic E-state index is -0.642. The van der Waals surface area contributed by atoms with Crippen molar-refractivity contribution in [1.29, 1.82) is 0 Å². The number of carbonyl (C=O) groups excluding carboxylic acids is 2. The Labute approximate surface area is 238 Å². The molecule has 2 aliphatic carbocycles. The van der Waals surface area contributed by atoms with Crippen molar-refractivity contribution in [2.24, 2.45) is 0 Å². The summed E-state index contributed by atoms with van der Waals surface area (Å²) in [5.41, 5.74) is 3.52. The van der Waals surface area contributed by atoms with Crippen LogP contribution in [0.4, 0.5) is 14.6 Å². The zero-order valence-electron chi connectivity index (χ0n) is 23.0. The van der Waals surface area contributed by atoms with E-state index >= 15 is 0 Å². The Bertz CT molecular complexity index is 1580. The topological polar surface area (TPSA) is 65.5 Å². The average Bonchev–Trinajstić information content (AvgIpc) is 3.65. The average molecular weight is 555 g/mol. The van der Waals surface area contributed by atoms with Gasteiger partial charge in [0, 0.05) is 30.9 Å². The summed E-state index contributed by atoms with van der Waals surface area (Å²) < 4.78 is 28.4. The van der Waals surface area contributed by atoms with Gasteiger partial charge in [0.15, 0.2) is 0 Å². The number of piperazine rings is 1. The molecule has 8 heteroatoms. The highest BCUT2D eigenvalue weighted by Gasteiger charge is 2.52. The summed E-state index contributed by atoms with van der Waals surface area (Å²) in [5.74, 6) is -0.615. The Morgan fingerprint density at radius 3 is 2.56 bits per heavy atom. The molecule has 2 fully saturated rings. The highest BCUT2D eigenvalue weighted by Crippen LogP contribution is 2.47. The van der Waals surface area contributed by atoms with Crippen molar-refractivity contribution in [3.8, 4) is 0 Å². The Morgan fingerprint density at radius 1 is 1.02 bits per heavy atom. The third-order valence-corrected chi connectivity index (χ3v) is 9.73. The van der Waals surface area contributed by atoms with Gasteiger partial charge in [0.25, 0.3) is 0 Å². The van der Waals surface area contributed by atoms with Gasteiger partial charge in [0.1, 0.15) is 23.0 Å². The zero-order chi connectivity index (χ0) is 28.4. The number of benzene rings is 2. The first-order chi connectivity index (χ1) is 19.8. The molecule has 1 saturated heterocycles. The van der Waals surface area contributed by atoms with Crippen LogP contribution in [0.3, 0.4) is 0 Å². The number of rotatable bonds is 4. The fourth-order valence-electron chi connectivity index (χ4n) is 7.62. The molecule has 1 aromatic heterocycles. The Morgan fingerprint density at radius 2 is 1.78 bits per heavy atom. The van der Waals surface area contributed by atoms with Gasteiger partial charge in [-0.05, 0) is 73.2 Å². The van der Waals surface area contributed by atoms with Crippen LogP contribution >= 0.6 is 0 Å². The van der Waals surface area contributed by atoms with Crippen molar-refractivity contribution in [2.75, 3.05) is 25.5 Å². The summed E-state index contributed by atoms with van der Waals surface area (Å²) in [6.07, 6.45) is 10.5. The number of nitrogens with zero attached hydrogens (tertiary/aromatic N) is 3. The van der Waals surface area contributed by atoms with Gasteiger partial charge in [-0.3, -0.25) is 14.5 Å². The second-order valence-corrected chi connectivity index (χ2v) is 12.0. The first kappa shape index (κ1) is 26.0. The maximum absolute atomic E-state index is 14.2. The molecule has 210 valence electrons. The van der Waals surface area contributed by atoms with Gasteiger partial charge in [-0.25, -0.2) is 13.8 Å². The van der Waals surface area contributed by atoms with E-state index in [0.717, 1.165) is 54.0 Å². The minimum absolute atomic E-state index is 0.00580. The lowest BCUT2D eigenvalue weighted by Gasteiger charge is -2.50. The van der Waals surface area contributed by atoms with E-state index in [1.54, 1.807) is 11.1 Å². The predicted molar refractivity (Wildman–Crippen MR) is 152 cm³/mol. The number of aromatic nitrogens is 1. The highest BCUT2D eigenvalue weighted by molar-refractivity contribution is 6.06. The van der Waals surface area contributed by atoms with Crippen molar-refractivity contribution in [3.05, 3.63) is 100 Å². The molecule has 4 aliphatic rings. The Kier molecular flexibility index (Phi) is 6.08. The maximum atomic E-state index is 14.2. The number of likely N-dealkylation sites (N-methyl/N-ethyl adjacent to an activating group) is 1. The number of halogens is 2. The van der Waals surface area contributed by atoms with Crippen molar-refractivity contribution in [3.63, 3.8) is 0 Å². The van der Waals surface area contributed by atoms with Gasteiger partial charge in [-0.15, -0.1) is 0 Å². The summed E-state index contributed by atoms with van der Waals surface area (Å²) in [6.45, 7) is 0.849. The molecule has 2 aromatic carbocycles. The van der Waals surface area contributed by atoms with Gasteiger partial charge in [-0.2, -0.15) is 0 Å². The van der Waals surface area contributed by atoms with E-state index in [2.05, 4.69) is 27.3 Å². The summed E-state index contributed by atoms with van der Waals surface area (Å²) in [5, 5.41) is 2.95. The van der Waals surface area contributed by atoms with Gasteiger partial charge in [0.05, 0.1) is 11.5 Å². The van der Waals surface area contributed by atoms with Crippen LogP contribution < -0.4 is 5.32 Å². The monoisotopic (exact) mass is 554 g/mol. The van der Waals surface area contributed by atoms with E-state index in [9.17, 15) is 18.4 Å². The molecule has 6 nitrogen and oxygen atoms in total. The number of fused-ring (bicyclic) bond motifs is 3. The standard InChI is InChI=1S/C33H32F2N4O2/c1-38-20-28(23-15-25(34)17-26(35)16-23)39(31(41)33(38)10-2-3-11-33)13-5-6-21-8-9-22-18-32(19-24(22)14-21)27-7-4-12-36-29(27)37-30(32)40/h4-9,12,14-17,28H,2-3,10-11,13,18-20H2,1H3,(H,36,37,40)/b6-5+/t28-,32+/m0/s1.